The van der Waals surface area contributed by atoms with Gasteiger partial charge in [0, 0.05) is 23.6 Å². The van der Waals surface area contributed by atoms with Crippen molar-refractivity contribution < 1.29 is 54.8 Å². The molecule has 8 unspecified atom stereocenters. The number of pyridine rings is 1. The molecule has 2 aliphatic heterocycles. The minimum Gasteiger partial charge on any atom is -0.511 e. The summed E-state index contributed by atoms with van der Waals surface area (Å²) < 4.78 is 12.0. The van der Waals surface area contributed by atoms with Crippen molar-refractivity contribution in [2.45, 2.75) is 74.2 Å². The lowest BCUT2D eigenvalue weighted by Gasteiger charge is -2.49. The molecule has 8 N–H and O–H groups in total. The molecule has 55 heavy (non-hydrogen) atoms. The number of nitrogens with zero attached hydrogens (tertiary/aromatic N) is 1. The first-order valence-corrected chi connectivity index (χ1v) is 20.5. The van der Waals surface area contributed by atoms with E-state index < -0.39 is 65.0 Å². The number of carbonyl (C=O) groups is 2. The van der Waals surface area contributed by atoms with E-state index in [9.17, 15) is 40.5 Å². The fourth-order valence-corrected chi connectivity index (χ4v) is 11.0. The van der Waals surface area contributed by atoms with Crippen LogP contribution in [0.1, 0.15) is 56.7 Å². The summed E-state index contributed by atoms with van der Waals surface area (Å²) in [6.45, 7) is -1.09. The van der Waals surface area contributed by atoms with Crippen molar-refractivity contribution in [2.24, 2.45) is 11.3 Å². The first kappa shape index (κ1) is 39.5. The summed E-state index contributed by atoms with van der Waals surface area (Å²) in [7, 11) is 2.67. The van der Waals surface area contributed by atoms with Crippen molar-refractivity contribution in [3.05, 3.63) is 112 Å². The second-order valence-electron chi connectivity index (χ2n) is 14.3. The highest BCUT2D eigenvalue weighted by atomic mass is 33.1. The second kappa shape index (κ2) is 16.4. The molecule has 8 atom stereocenters. The molecular formula is C40H44N2O11S2. The fraction of sp³-hybridized carbons (Fsp3) is 0.425. The van der Waals surface area contributed by atoms with Crippen LogP contribution in [0, 0.1) is 11.3 Å². The molecule has 3 aromatic rings. The molecule has 3 heterocycles. The van der Waals surface area contributed by atoms with Gasteiger partial charge in [-0.2, -0.15) is 0 Å². The summed E-state index contributed by atoms with van der Waals surface area (Å²) in [5.41, 5.74) is -1.35. The molecule has 2 aromatic carbocycles. The van der Waals surface area contributed by atoms with Gasteiger partial charge in [-0.3, -0.25) is 9.59 Å². The van der Waals surface area contributed by atoms with E-state index in [2.05, 4.69) is 10.3 Å². The van der Waals surface area contributed by atoms with Crippen molar-refractivity contribution in [1.82, 2.24) is 4.98 Å². The molecule has 15 heteroatoms. The number of anilines is 1. The zero-order valence-electron chi connectivity index (χ0n) is 29.8. The third-order valence-corrected chi connectivity index (χ3v) is 13.7. The van der Waals surface area contributed by atoms with Crippen LogP contribution >= 0.6 is 21.6 Å². The summed E-state index contributed by atoms with van der Waals surface area (Å²) >= 11 is 0. The number of rotatable bonds is 7. The normalized spacial score (nSPS) is 30.8. The third-order valence-electron chi connectivity index (χ3n) is 11.0. The van der Waals surface area contributed by atoms with Gasteiger partial charge in [0.25, 0.3) is 0 Å². The van der Waals surface area contributed by atoms with Crippen LogP contribution in [0.25, 0.3) is 0 Å². The fourth-order valence-electron chi connectivity index (χ4n) is 8.15. The first-order valence-electron chi connectivity index (χ1n) is 18.2. The Labute approximate surface area is 325 Å². The van der Waals surface area contributed by atoms with Crippen LogP contribution in [0.2, 0.25) is 0 Å². The van der Waals surface area contributed by atoms with Crippen molar-refractivity contribution >= 4 is 39.0 Å². The van der Waals surface area contributed by atoms with Gasteiger partial charge >= 0.3 is 0 Å². The first-order chi connectivity index (χ1) is 26.5. The number of aliphatic hydroxyl groups is 7. The van der Waals surface area contributed by atoms with Crippen molar-refractivity contribution in [3.63, 3.8) is 0 Å². The maximum absolute atomic E-state index is 15.4. The molecule has 1 fully saturated rings. The highest BCUT2D eigenvalue weighted by molar-refractivity contribution is 8.77. The number of fused-ring (bicyclic) bond motifs is 4. The van der Waals surface area contributed by atoms with Gasteiger partial charge in [-0.05, 0) is 78.6 Å². The number of allylic oxidation sites excluding steroid dienone is 4. The Morgan fingerprint density at radius 1 is 1.00 bits per heavy atom. The SMILES string of the molecule is O=C1c2cccc3c2C(=O)C2(C(O)=CC(Cc4cccc(CO)c4)=CC12)C(CCCO)SSCNc1cc(ccn1)CCC1(O)C(O)C(CO)OC(O3)C1O. The maximum atomic E-state index is 15.4. The van der Waals surface area contributed by atoms with Crippen LogP contribution in [-0.2, 0) is 24.2 Å². The minimum absolute atomic E-state index is 0.0224. The molecule has 1 spiro atoms. The lowest BCUT2D eigenvalue weighted by atomic mass is 9.57. The molecule has 6 bridgehead atoms. The number of nitrogens with one attached hydrogen (secondary N) is 1. The zero-order valence-corrected chi connectivity index (χ0v) is 31.4. The Morgan fingerprint density at radius 3 is 2.58 bits per heavy atom. The molecular weight excluding hydrogens is 749 g/mol. The number of ether oxygens (including phenoxy) is 2. The Balaban J connectivity index is 1.37. The van der Waals surface area contributed by atoms with Gasteiger partial charge in [0.15, 0.2) is 11.6 Å². The summed E-state index contributed by atoms with van der Waals surface area (Å²) in [5.74, 6) is -1.91. The molecule has 0 saturated carbocycles. The van der Waals surface area contributed by atoms with Gasteiger partial charge in [-0.15, -0.1) is 0 Å². The van der Waals surface area contributed by atoms with E-state index in [1.165, 1.54) is 45.9 Å². The molecule has 4 aliphatic rings. The van der Waals surface area contributed by atoms with Gasteiger partial charge in [-0.25, -0.2) is 4.98 Å². The summed E-state index contributed by atoms with van der Waals surface area (Å²) in [6.07, 6.45) is -1.01. The Morgan fingerprint density at radius 2 is 1.80 bits per heavy atom. The van der Waals surface area contributed by atoms with E-state index >= 15 is 4.79 Å². The largest absolute Gasteiger partial charge is 0.511 e. The van der Waals surface area contributed by atoms with E-state index in [1.54, 1.807) is 30.5 Å². The van der Waals surface area contributed by atoms with Crippen molar-refractivity contribution in [3.8, 4) is 5.75 Å². The Bertz CT molecular complexity index is 1990. The second-order valence-corrected chi connectivity index (χ2v) is 16.9. The van der Waals surface area contributed by atoms with Gasteiger partial charge in [0.2, 0.25) is 6.29 Å². The molecule has 1 saturated heterocycles. The summed E-state index contributed by atoms with van der Waals surface area (Å²) in [4.78, 5) is 34.6. The quantitative estimate of drug-likeness (QED) is 0.161. The molecule has 2 aliphatic carbocycles. The molecule has 1 aromatic heterocycles. The number of aryl methyl sites for hydroxylation is 1. The molecule has 7 rings (SSSR count). The number of benzene rings is 2. The predicted molar refractivity (Wildman–Crippen MR) is 206 cm³/mol. The van der Waals surface area contributed by atoms with Gasteiger partial charge in [-0.1, -0.05) is 64.1 Å². The number of carbonyl (C=O) groups excluding carboxylic acids is 2. The smallest absolute Gasteiger partial charge is 0.229 e. The average Bonchev–Trinajstić information content (AvgIpc) is 3.19. The van der Waals surface area contributed by atoms with Crippen LogP contribution in [-0.4, -0.2) is 107 Å². The van der Waals surface area contributed by atoms with Gasteiger partial charge in [0.05, 0.1) is 30.6 Å². The molecule has 0 amide bonds. The maximum Gasteiger partial charge on any atom is 0.229 e. The topological polar surface area (TPSA) is 219 Å². The molecule has 13 nitrogen and oxygen atoms in total. The average molecular weight is 793 g/mol. The number of aromatic nitrogens is 1. The van der Waals surface area contributed by atoms with E-state index in [0.29, 0.717) is 29.3 Å². The Kier molecular flexibility index (Phi) is 11.7. The number of hydrogen-bond acceptors (Lipinski definition) is 15. The lowest BCUT2D eigenvalue weighted by molar-refractivity contribution is -0.315. The van der Waals surface area contributed by atoms with Gasteiger partial charge in [0.1, 0.15) is 46.7 Å². The van der Waals surface area contributed by atoms with Gasteiger partial charge < -0.3 is 50.5 Å². The van der Waals surface area contributed by atoms with E-state index in [-0.39, 0.29) is 61.5 Å². The lowest BCUT2D eigenvalue weighted by Crippen LogP contribution is -2.68. The standard InChI is InChI=1S/C40H44N2O11S2/c43-13-3-8-31-40-27(16-25(17-30(40)46)15-23-4-1-5-24(14-23)19-44)34(47)26-6-2-7-28(33(26)36(40)49)52-38-37(50)39(51,35(48)29(20-45)53-38)11-9-22-10-12-41-32(18-22)42-21-54-55-31/h1-2,4-7,10,12,14,16-18,27,29,31,35,37-38,43-46,48,50-51H,3,8-9,11,13,15,19-21H2,(H,41,42). The minimum atomic E-state index is -2.23. The van der Waals surface area contributed by atoms with Crippen molar-refractivity contribution in [1.29, 1.82) is 0 Å². The summed E-state index contributed by atoms with van der Waals surface area (Å²) in [5, 5.41) is 79.3. The predicted octanol–water partition coefficient (Wildman–Crippen LogP) is 3.27. The van der Waals surface area contributed by atoms with E-state index in [4.69, 9.17) is 9.47 Å². The van der Waals surface area contributed by atoms with Crippen LogP contribution in [0.4, 0.5) is 5.82 Å². The van der Waals surface area contributed by atoms with E-state index in [1.807, 2.05) is 18.2 Å². The monoisotopic (exact) mass is 792 g/mol. The number of ketones is 2. The number of Topliss-reactive ketones (excluding diaryl/α,β-unsaturated/α-hetero) is 2. The number of aliphatic hydroxyl groups excluding tert-OH is 6. The highest BCUT2D eigenvalue weighted by Crippen LogP contribution is 2.57. The van der Waals surface area contributed by atoms with Crippen LogP contribution in [0.5, 0.6) is 5.75 Å². The van der Waals surface area contributed by atoms with E-state index in [0.717, 1.165) is 11.1 Å². The van der Waals surface area contributed by atoms with Crippen LogP contribution in [0.3, 0.4) is 0 Å². The zero-order chi connectivity index (χ0) is 38.9. The molecule has 292 valence electrons. The molecule has 0 radical (unpaired) electrons. The van der Waals surface area contributed by atoms with Crippen molar-refractivity contribution in [2.75, 3.05) is 24.4 Å². The third kappa shape index (κ3) is 7.22. The number of hydrogen-bond donors (Lipinski definition) is 8. The highest BCUT2D eigenvalue weighted by Gasteiger charge is 2.62. The van der Waals surface area contributed by atoms with Crippen LogP contribution < -0.4 is 10.1 Å². The van der Waals surface area contributed by atoms with Crippen LogP contribution in [0.15, 0.2) is 84.3 Å². The Hall–Kier alpha value is -3.77. The summed E-state index contributed by atoms with van der Waals surface area (Å²) in [6, 6.07) is 15.2.